The first-order valence-electron chi connectivity index (χ1n) is 6.41. The average molecular weight is 285 g/mol. The summed E-state index contributed by atoms with van der Waals surface area (Å²) in [4.78, 5) is 0. The minimum absolute atomic E-state index is 0.176. The van der Waals surface area contributed by atoms with Crippen molar-refractivity contribution >= 4 is 0 Å². The zero-order valence-electron chi connectivity index (χ0n) is 11.1. The zero-order chi connectivity index (χ0) is 14.7. The lowest BCUT2D eigenvalue weighted by Crippen LogP contribution is -1.97. The zero-order valence-corrected chi connectivity index (χ0v) is 11.1. The minimum atomic E-state index is -0.379. The van der Waals surface area contributed by atoms with Gasteiger partial charge in [0.05, 0.1) is 24.8 Å². The Bertz CT molecular complexity index is 709. The van der Waals surface area contributed by atoms with E-state index < -0.39 is 0 Å². The van der Waals surface area contributed by atoms with Crippen LogP contribution in [0.1, 0.15) is 16.7 Å². The monoisotopic (exact) mass is 285 g/mol. The fourth-order valence-electron chi connectivity index (χ4n) is 2.10. The molecule has 4 nitrogen and oxygen atoms in total. The highest BCUT2D eigenvalue weighted by atomic mass is 19.1. The maximum absolute atomic E-state index is 13.2. The van der Waals surface area contributed by atoms with Gasteiger partial charge in [0.15, 0.2) is 11.5 Å². The van der Waals surface area contributed by atoms with Gasteiger partial charge >= 0.3 is 0 Å². The van der Waals surface area contributed by atoms with Crippen molar-refractivity contribution in [2.75, 3.05) is 6.79 Å². The second-order valence-electron chi connectivity index (χ2n) is 4.59. The molecule has 1 aliphatic rings. The summed E-state index contributed by atoms with van der Waals surface area (Å²) in [5.74, 6) is 1.03. The van der Waals surface area contributed by atoms with Crippen LogP contribution < -0.4 is 9.47 Å². The van der Waals surface area contributed by atoms with Crippen LogP contribution in [0.2, 0.25) is 0 Å². The topological polar surface area (TPSA) is 51.5 Å². The van der Waals surface area contributed by atoms with Crippen LogP contribution in [0.15, 0.2) is 36.4 Å². The third-order valence-corrected chi connectivity index (χ3v) is 3.15. The highest BCUT2D eigenvalue weighted by Gasteiger charge is 2.13. The fraction of sp³-hybridized carbons (Fsp3) is 0.188. The number of ether oxygens (including phenoxy) is 3. The number of hydrogen-bond donors (Lipinski definition) is 0. The fourth-order valence-corrected chi connectivity index (χ4v) is 2.10. The molecule has 0 bridgehead atoms. The van der Waals surface area contributed by atoms with Crippen LogP contribution in [0, 0.1) is 17.1 Å². The van der Waals surface area contributed by atoms with Gasteiger partial charge in [-0.25, -0.2) is 4.39 Å². The van der Waals surface area contributed by atoms with E-state index in [0.717, 1.165) is 11.3 Å². The van der Waals surface area contributed by atoms with Crippen molar-refractivity contribution < 1.29 is 18.6 Å². The number of halogens is 1. The summed E-state index contributed by atoms with van der Waals surface area (Å²) >= 11 is 0. The summed E-state index contributed by atoms with van der Waals surface area (Å²) in [6, 6.07) is 11.6. The van der Waals surface area contributed by atoms with E-state index in [1.54, 1.807) is 0 Å². The molecule has 2 aromatic rings. The predicted octanol–water partition coefficient (Wildman–Crippen LogP) is 3.14. The Morgan fingerprint density at radius 2 is 1.95 bits per heavy atom. The Morgan fingerprint density at radius 1 is 1.10 bits per heavy atom. The van der Waals surface area contributed by atoms with Gasteiger partial charge in [-0.3, -0.25) is 0 Å². The third-order valence-electron chi connectivity index (χ3n) is 3.15. The molecule has 106 valence electrons. The second-order valence-corrected chi connectivity index (χ2v) is 4.59. The third kappa shape index (κ3) is 2.96. The van der Waals surface area contributed by atoms with Gasteiger partial charge in [0.25, 0.3) is 0 Å². The number of hydrogen-bond acceptors (Lipinski definition) is 4. The van der Waals surface area contributed by atoms with Crippen LogP contribution in [0.3, 0.4) is 0 Å². The van der Waals surface area contributed by atoms with Gasteiger partial charge in [-0.05, 0) is 41.5 Å². The van der Waals surface area contributed by atoms with Crippen molar-refractivity contribution in [2.24, 2.45) is 0 Å². The van der Waals surface area contributed by atoms with Crippen molar-refractivity contribution in [1.82, 2.24) is 0 Å². The first-order valence-corrected chi connectivity index (χ1v) is 6.41. The quantitative estimate of drug-likeness (QED) is 0.866. The predicted molar refractivity (Wildman–Crippen MR) is 72.2 cm³/mol. The lowest BCUT2D eigenvalue weighted by atomic mass is 10.1. The maximum atomic E-state index is 13.2. The Balaban J connectivity index is 1.64. The summed E-state index contributed by atoms with van der Waals surface area (Å²) in [7, 11) is 0. The van der Waals surface area contributed by atoms with E-state index in [9.17, 15) is 4.39 Å². The smallest absolute Gasteiger partial charge is 0.231 e. The van der Waals surface area contributed by atoms with Gasteiger partial charge in [0.1, 0.15) is 5.82 Å². The van der Waals surface area contributed by atoms with Crippen molar-refractivity contribution in [1.29, 1.82) is 5.26 Å². The molecule has 5 heteroatoms. The van der Waals surface area contributed by atoms with Crippen molar-refractivity contribution in [3.8, 4) is 17.6 Å². The Hall–Kier alpha value is -2.58. The van der Waals surface area contributed by atoms with E-state index >= 15 is 0 Å². The standard InChI is InChI=1S/C16H12FNO3/c17-14-3-2-12(7-18)13(6-14)9-19-8-11-1-4-15-16(5-11)21-10-20-15/h1-6H,8-10H2. The lowest BCUT2D eigenvalue weighted by Gasteiger charge is -2.07. The van der Waals surface area contributed by atoms with E-state index in [0.29, 0.717) is 23.5 Å². The molecular formula is C16H12FNO3. The molecule has 3 rings (SSSR count). The molecule has 2 aromatic carbocycles. The summed E-state index contributed by atoms with van der Waals surface area (Å²) in [6.45, 7) is 0.752. The molecule has 0 N–H and O–H groups in total. The molecule has 0 radical (unpaired) electrons. The van der Waals surface area contributed by atoms with E-state index in [2.05, 4.69) is 0 Å². The van der Waals surface area contributed by atoms with Crippen LogP contribution >= 0.6 is 0 Å². The summed E-state index contributed by atoms with van der Waals surface area (Å²) in [6.07, 6.45) is 0. The number of rotatable bonds is 4. The molecule has 21 heavy (non-hydrogen) atoms. The average Bonchev–Trinajstić information content (AvgIpc) is 2.95. The highest BCUT2D eigenvalue weighted by molar-refractivity contribution is 5.44. The van der Waals surface area contributed by atoms with Crippen molar-refractivity contribution in [3.63, 3.8) is 0 Å². The van der Waals surface area contributed by atoms with Gasteiger partial charge in [0, 0.05) is 0 Å². The SMILES string of the molecule is N#Cc1ccc(F)cc1COCc1ccc2c(c1)OCO2. The Kier molecular flexibility index (Phi) is 3.71. The molecule has 0 spiro atoms. The summed E-state index contributed by atoms with van der Waals surface area (Å²) < 4.78 is 29.3. The largest absolute Gasteiger partial charge is 0.454 e. The molecule has 0 atom stereocenters. The molecule has 0 aliphatic carbocycles. The highest BCUT2D eigenvalue weighted by Crippen LogP contribution is 2.32. The van der Waals surface area contributed by atoms with Crippen molar-refractivity contribution in [3.05, 3.63) is 58.9 Å². The summed E-state index contributed by atoms with van der Waals surface area (Å²) in [5.41, 5.74) is 1.88. The number of nitriles is 1. The van der Waals surface area contributed by atoms with Crippen molar-refractivity contribution in [2.45, 2.75) is 13.2 Å². The van der Waals surface area contributed by atoms with Crippen LogP contribution in [-0.4, -0.2) is 6.79 Å². The lowest BCUT2D eigenvalue weighted by molar-refractivity contribution is 0.106. The van der Waals surface area contributed by atoms with Gasteiger partial charge in [-0.15, -0.1) is 0 Å². The van der Waals surface area contributed by atoms with Gasteiger partial charge < -0.3 is 14.2 Å². The van der Waals surface area contributed by atoms with Gasteiger partial charge in [-0.1, -0.05) is 6.07 Å². The maximum Gasteiger partial charge on any atom is 0.231 e. The van der Waals surface area contributed by atoms with Crippen LogP contribution in [0.4, 0.5) is 4.39 Å². The number of benzene rings is 2. The molecule has 1 aliphatic heterocycles. The first-order chi connectivity index (χ1) is 10.3. The Morgan fingerprint density at radius 3 is 2.81 bits per heavy atom. The van der Waals surface area contributed by atoms with Crippen LogP contribution in [0.25, 0.3) is 0 Å². The molecule has 0 saturated carbocycles. The van der Waals surface area contributed by atoms with Crippen LogP contribution in [0.5, 0.6) is 11.5 Å². The van der Waals surface area contributed by atoms with Gasteiger partial charge in [-0.2, -0.15) is 5.26 Å². The molecule has 0 aromatic heterocycles. The molecular weight excluding hydrogens is 273 g/mol. The number of fused-ring (bicyclic) bond motifs is 1. The summed E-state index contributed by atoms with van der Waals surface area (Å²) in [5, 5.41) is 8.97. The molecule has 0 unspecified atom stereocenters. The molecule has 1 heterocycles. The van der Waals surface area contributed by atoms with E-state index in [1.807, 2.05) is 24.3 Å². The van der Waals surface area contributed by atoms with Gasteiger partial charge in [0.2, 0.25) is 6.79 Å². The molecule has 0 fully saturated rings. The second kappa shape index (κ2) is 5.81. The molecule has 0 saturated heterocycles. The normalized spacial score (nSPS) is 12.2. The first kappa shape index (κ1) is 13.4. The minimum Gasteiger partial charge on any atom is -0.454 e. The van der Waals surface area contributed by atoms with E-state index in [-0.39, 0.29) is 19.2 Å². The molecule has 0 amide bonds. The Labute approximate surface area is 121 Å². The van der Waals surface area contributed by atoms with E-state index in [1.165, 1.54) is 18.2 Å². The van der Waals surface area contributed by atoms with E-state index in [4.69, 9.17) is 19.5 Å². The van der Waals surface area contributed by atoms with Crippen LogP contribution in [-0.2, 0) is 18.0 Å². The number of nitrogens with zero attached hydrogens (tertiary/aromatic N) is 1.